The van der Waals surface area contributed by atoms with Gasteiger partial charge in [-0.15, -0.1) is 11.3 Å². The summed E-state index contributed by atoms with van der Waals surface area (Å²) < 4.78 is 1.84. The van der Waals surface area contributed by atoms with Crippen LogP contribution in [0.4, 0.5) is 5.82 Å². The molecule has 2 heterocycles. The van der Waals surface area contributed by atoms with E-state index < -0.39 is 0 Å². The highest BCUT2D eigenvalue weighted by atomic mass is 32.1. The van der Waals surface area contributed by atoms with Crippen molar-refractivity contribution < 1.29 is 4.79 Å². The predicted octanol–water partition coefficient (Wildman–Crippen LogP) is 3.29. The van der Waals surface area contributed by atoms with E-state index in [1.165, 1.54) is 4.88 Å². The Bertz CT molecular complexity index is 600. The Morgan fingerprint density at radius 2 is 2.40 bits per heavy atom. The number of nitrogens with zero attached hydrogens (tertiary/aromatic N) is 2. The molecule has 104 valence electrons. The van der Waals surface area contributed by atoms with E-state index in [-0.39, 0.29) is 11.8 Å². The van der Waals surface area contributed by atoms with E-state index in [2.05, 4.69) is 28.6 Å². The fraction of sp³-hybridized carbons (Fsp3) is 0.333. The largest absolute Gasteiger partial charge is 0.311 e. The van der Waals surface area contributed by atoms with Crippen molar-refractivity contribution in [1.82, 2.24) is 9.78 Å². The number of aromatic nitrogens is 2. The molecule has 1 amide bonds. The van der Waals surface area contributed by atoms with Crippen molar-refractivity contribution in [1.29, 1.82) is 0 Å². The first-order chi connectivity index (χ1) is 9.83. The van der Waals surface area contributed by atoms with Gasteiger partial charge in [0.2, 0.25) is 5.91 Å². The van der Waals surface area contributed by atoms with Gasteiger partial charge in [0, 0.05) is 16.9 Å². The van der Waals surface area contributed by atoms with Crippen molar-refractivity contribution in [2.24, 2.45) is 5.92 Å². The highest BCUT2D eigenvalue weighted by Gasteiger charge is 2.19. The highest BCUT2D eigenvalue weighted by molar-refractivity contribution is 7.09. The van der Waals surface area contributed by atoms with Crippen LogP contribution < -0.4 is 5.32 Å². The molecule has 0 aliphatic heterocycles. The van der Waals surface area contributed by atoms with Crippen LogP contribution in [0.2, 0.25) is 0 Å². The monoisotopic (exact) mass is 287 g/mol. The van der Waals surface area contributed by atoms with Gasteiger partial charge in [-0.05, 0) is 30.7 Å². The van der Waals surface area contributed by atoms with Crippen molar-refractivity contribution >= 4 is 23.1 Å². The molecule has 3 rings (SSSR count). The summed E-state index contributed by atoms with van der Waals surface area (Å²) in [5.74, 6) is 0.963. The second-order valence-electron chi connectivity index (χ2n) is 4.92. The number of hydrogen-bond acceptors (Lipinski definition) is 3. The minimum Gasteiger partial charge on any atom is -0.311 e. The zero-order valence-corrected chi connectivity index (χ0v) is 12.0. The molecular formula is C15H17N3OS. The Morgan fingerprint density at radius 3 is 3.15 bits per heavy atom. The van der Waals surface area contributed by atoms with E-state index in [1.807, 2.05) is 22.2 Å². The third-order valence-electron chi connectivity index (χ3n) is 3.49. The van der Waals surface area contributed by atoms with E-state index in [0.29, 0.717) is 6.54 Å². The van der Waals surface area contributed by atoms with Crippen LogP contribution in [0.5, 0.6) is 0 Å². The third-order valence-corrected chi connectivity index (χ3v) is 4.35. The van der Waals surface area contributed by atoms with Gasteiger partial charge in [0.15, 0.2) is 0 Å². The molecule has 1 aliphatic carbocycles. The van der Waals surface area contributed by atoms with Gasteiger partial charge < -0.3 is 5.32 Å². The van der Waals surface area contributed by atoms with Gasteiger partial charge >= 0.3 is 0 Å². The molecule has 1 atom stereocenters. The number of allylic oxidation sites excluding steroid dienone is 2. The molecule has 20 heavy (non-hydrogen) atoms. The normalized spacial score (nSPS) is 18.1. The van der Waals surface area contributed by atoms with Crippen molar-refractivity contribution in [3.05, 3.63) is 46.8 Å². The molecule has 2 aromatic heterocycles. The first kappa shape index (κ1) is 13.1. The van der Waals surface area contributed by atoms with E-state index in [4.69, 9.17) is 0 Å². The van der Waals surface area contributed by atoms with Crippen LogP contribution >= 0.6 is 11.3 Å². The van der Waals surface area contributed by atoms with E-state index in [0.717, 1.165) is 25.1 Å². The van der Waals surface area contributed by atoms with Crippen LogP contribution in [0.15, 0.2) is 41.9 Å². The van der Waals surface area contributed by atoms with Gasteiger partial charge in [-0.1, -0.05) is 18.2 Å². The van der Waals surface area contributed by atoms with Crippen molar-refractivity contribution in [2.75, 3.05) is 5.32 Å². The number of anilines is 1. The molecule has 1 N–H and O–H groups in total. The summed E-state index contributed by atoms with van der Waals surface area (Å²) in [6.45, 7) is 0.699. The molecule has 0 spiro atoms. The molecule has 2 aromatic rings. The molecule has 0 unspecified atom stereocenters. The molecule has 0 saturated carbocycles. The van der Waals surface area contributed by atoms with Gasteiger partial charge in [0.1, 0.15) is 5.82 Å². The summed E-state index contributed by atoms with van der Waals surface area (Å²) in [6.07, 6.45) is 8.73. The number of carbonyl (C=O) groups excluding carboxylic acids is 1. The maximum atomic E-state index is 12.2. The Labute approximate surface area is 122 Å². The SMILES string of the molecule is O=C(Nc1ccnn1Cc1cccs1)[C@H]1CC=CCC1. The van der Waals surface area contributed by atoms with Crippen LogP contribution in [-0.2, 0) is 11.3 Å². The number of carbonyl (C=O) groups is 1. The summed E-state index contributed by atoms with van der Waals surface area (Å²) in [6, 6.07) is 5.95. The van der Waals surface area contributed by atoms with E-state index in [1.54, 1.807) is 17.5 Å². The highest BCUT2D eigenvalue weighted by Crippen LogP contribution is 2.21. The van der Waals surface area contributed by atoms with Gasteiger partial charge in [-0.2, -0.15) is 5.10 Å². The molecule has 0 fully saturated rings. The smallest absolute Gasteiger partial charge is 0.228 e. The fourth-order valence-electron chi connectivity index (χ4n) is 2.38. The topological polar surface area (TPSA) is 46.9 Å². The lowest BCUT2D eigenvalue weighted by molar-refractivity contribution is -0.120. The van der Waals surface area contributed by atoms with Crippen LogP contribution in [0, 0.1) is 5.92 Å². The zero-order valence-electron chi connectivity index (χ0n) is 11.2. The average molecular weight is 287 g/mol. The van der Waals surface area contributed by atoms with Gasteiger partial charge in [-0.3, -0.25) is 4.79 Å². The van der Waals surface area contributed by atoms with Crippen molar-refractivity contribution in [3.63, 3.8) is 0 Å². The maximum absolute atomic E-state index is 12.2. The lowest BCUT2D eigenvalue weighted by Crippen LogP contribution is -2.25. The zero-order chi connectivity index (χ0) is 13.8. The summed E-state index contributed by atoms with van der Waals surface area (Å²) >= 11 is 1.69. The van der Waals surface area contributed by atoms with Crippen LogP contribution in [0.1, 0.15) is 24.1 Å². The van der Waals surface area contributed by atoms with Gasteiger partial charge in [0.25, 0.3) is 0 Å². The summed E-state index contributed by atoms with van der Waals surface area (Å²) in [5.41, 5.74) is 0. The van der Waals surface area contributed by atoms with E-state index >= 15 is 0 Å². The number of nitrogens with one attached hydrogen (secondary N) is 1. The molecule has 0 saturated heterocycles. The number of hydrogen-bond donors (Lipinski definition) is 1. The maximum Gasteiger partial charge on any atom is 0.228 e. The average Bonchev–Trinajstić information content (AvgIpc) is 3.13. The van der Waals surface area contributed by atoms with Crippen molar-refractivity contribution in [3.8, 4) is 0 Å². The standard InChI is InChI=1S/C15H17N3OS/c19-15(12-5-2-1-3-6-12)17-14-8-9-16-18(14)11-13-7-4-10-20-13/h1-2,4,7-10,12H,3,5-6,11H2,(H,17,19)/t12-/m0/s1. The Kier molecular flexibility index (Phi) is 3.97. The minimum absolute atomic E-state index is 0.0880. The molecule has 0 radical (unpaired) electrons. The lowest BCUT2D eigenvalue weighted by atomic mass is 9.94. The lowest BCUT2D eigenvalue weighted by Gasteiger charge is -2.17. The minimum atomic E-state index is 0.0880. The molecule has 1 aliphatic rings. The van der Waals surface area contributed by atoms with Gasteiger partial charge in [0.05, 0.1) is 12.7 Å². The summed E-state index contributed by atoms with van der Waals surface area (Å²) in [7, 11) is 0. The summed E-state index contributed by atoms with van der Waals surface area (Å²) in [5, 5.41) is 9.34. The molecule has 4 nitrogen and oxygen atoms in total. The van der Waals surface area contributed by atoms with Crippen LogP contribution in [0.25, 0.3) is 0 Å². The quantitative estimate of drug-likeness (QED) is 0.877. The second kappa shape index (κ2) is 6.05. The molecule has 5 heteroatoms. The first-order valence-electron chi connectivity index (χ1n) is 6.83. The Morgan fingerprint density at radius 1 is 1.45 bits per heavy atom. The third kappa shape index (κ3) is 2.99. The van der Waals surface area contributed by atoms with Crippen LogP contribution in [-0.4, -0.2) is 15.7 Å². The molecular weight excluding hydrogens is 270 g/mol. The number of thiophene rings is 1. The first-order valence-corrected chi connectivity index (χ1v) is 7.71. The van der Waals surface area contributed by atoms with Gasteiger partial charge in [-0.25, -0.2) is 4.68 Å². The van der Waals surface area contributed by atoms with Crippen molar-refractivity contribution in [2.45, 2.75) is 25.8 Å². The van der Waals surface area contributed by atoms with Crippen LogP contribution in [0.3, 0.4) is 0 Å². The predicted molar refractivity (Wildman–Crippen MR) is 80.8 cm³/mol. The van der Waals surface area contributed by atoms with E-state index in [9.17, 15) is 4.79 Å². The Balaban J connectivity index is 1.67. The molecule has 0 bridgehead atoms. The summed E-state index contributed by atoms with van der Waals surface area (Å²) in [4.78, 5) is 13.5. The number of rotatable bonds is 4. The number of amides is 1. The second-order valence-corrected chi connectivity index (χ2v) is 5.96. The molecule has 0 aromatic carbocycles. The Hall–Kier alpha value is -1.88. The fourth-order valence-corrected chi connectivity index (χ4v) is 3.06.